The molecule has 0 fully saturated rings. The van der Waals surface area contributed by atoms with Gasteiger partial charge in [0.15, 0.2) is 0 Å². The molecule has 112 valence electrons. The first-order valence-corrected chi connectivity index (χ1v) is 7.15. The molecule has 0 bridgehead atoms. The van der Waals surface area contributed by atoms with Gasteiger partial charge >= 0.3 is 0 Å². The Morgan fingerprint density at radius 1 is 1.19 bits per heavy atom. The molecular formula is C14H16Cl2N4O. The fourth-order valence-corrected chi connectivity index (χ4v) is 2.22. The number of anilines is 3. The van der Waals surface area contributed by atoms with Crippen LogP contribution < -0.4 is 10.6 Å². The van der Waals surface area contributed by atoms with E-state index in [2.05, 4.69) is 20.6 Å². The zero-order valence-corrected chi connectivity index (χ0v) is 13.3. The Labute approximate surface area is 133 Å². The van der Waals surface area contributed by atoms with Crippen molar-refractivity contribution in [3.05, 3.63) is 40.0 Å². The molecule has 2 rings (SSSR count). The monoisotopic (exact) mass is 326 g/mol. The third-order valence-electron chi connectivity index (χ3n) is 2.67. The number of aryl methyl sites for hydroxylation is 1. The highest BCUT2D eigenvalue weighted by atomic mass is 35.5. The zero-order valence-electron chi connectivity index (χ0n) is 11.8. The summed E-state index contributed by atoms with van der Waals surface area (Å²) in [5.74, 6) is 1.15. The van der Waals surface area contributed by atoms with E-state index >= 15 is 0 Å². The summed E-state index contributed by atoms with van der Waals surface area (Å²) in [7, 11) is 1.65. The summed E-state index contributed by atoms with van der Waals surface area (Å²) in [6, 6.07) is 7.15. The molecule has 1 heterocycles. The van der Waals surface area contributed by atoms with Gasteiger partial charge in [-0.1, -0.05) is 29.3 Å². The molecule has 0 aliphatic heterocycles. The number of para-hydroxylation sites is 1. The molecule has 21 heavy (non-hydrogen) atoms. The van der Waals surface area contributed by atoms with Crippen LogP contribution in [0.5, 0.6) is 0 Å². The number of aromatic nitrogens is 2. The molecule has 0 aliphatic carbocycles. The third kappa shape index (κ3) is 4.46. The molecule has 2 N–H and O–H groups in total. The lowest BCUT2D eigenvalue weighted by atomic mass is 10.3. The standard InChI is InChI=1S/C14H16Cl2N4O/c1-9-8-12(17-6-7-21-2)19-14(18-9)20-13-10(15)4-3-5-11(13)16/h3-5,8H,6-7H2,1-2H3,(H2,17,18,19,20). The highest BCUT2D eigenvalue weighted by molar-refractivity contribution is 6.39. The topological polar surface area (TPSA) is 59.1 Å². The molecule has 2 aromatic rings. The average molecular weight is 327 g/mol. The molecule has 0 saturated heterocycles. The minimum atomic E-state index is 0.435. The first kappa shape index (κ1) is 15.8. The van der Waals surface area contributed by atoms with Crippen molar-refractivity contribution in [3.63, 3.8) is 0 Å². The largest absolute Gasteiger partial charge is 0.383 e. The van der Waals surface area contributed by atoms with Crippen molar-refractivity contribution >= 4 is 40.7 Å². The van der Waals surface area contributed by atoms with Crippen molar-refractivity contribution in [1.29, 1.82) is 0 Å². The van der Waals surface area contributed by atoms with Gasteiger partial charge in [0.05, 0.1) is 22.3 Å². The maximum atomic E-state index is 6.13. The predicted molar refractivity (Wildman–Crippen MR) is 86.9 cm³/mol. The Morgan fingerprint density at radius 2 is 1.90 bits per heavy atom. The van der Waals surface area contributed by atoms with E-state index < -0.39 is 0 Å². The molecule has 5 nitrogen and oxygen atoms in total. The number of nitrogens with one attached hydrogen (secondary N) is 2. The number of rotatable bonds is 6. The Bertz CT molecular complexity index is 602. The van der Waals surface area contributed by atoms with Crippen molar-refractivity contribution in [2.45, 2.75) is 6.92 Å². The van der Waals surface area contributed by atoms with Gasteiger partial charge in [-0.25, -0.2) is 4.98 Å². The van der Waals surface area contributed by atoms with E-state index in [0.29, 0.717) is 40.7 Å². The van der Waals surface area contributed by atoms with Crippen LogP contribution in [0.25, 0.3) is 0 Å². The van der Waals surface area contributed by atoms with Gasteiger partial charge in [-0.05, 0) is 19.1 Å². The van der Waals surface area contributed by atoms with Crippen LogP contribution >= 0.6 is 23.2 Å². The second-order valence-corrected chi connectivity index (χ2v) is 5.17. The van der Waals surface area contributed by atoms with Crippen LogP contribution in [0, 0.1) is 6.92 Å². The maximum absolute atomic E-state index is 6.13. The molecule has 1 aromatic heterocycles. The zero-order chi connectivity index (χ0) is 15.2. The molecule has 0 saturated carbocycles. The van der Waals surface area contributed by atoms with Gasteiger partial charge in [0.25, 0.3) is 0 Å². The summed E-state index contributed by atoms with van der Waals surface area (Å²) in [4.78, 5) is 8.71. The smallest absolute Gasteiger partial charge is 0.229 e. The second-order valence-electron chi connectivity index (χ2n) is 4.36. The van der Waals surface area contributed by atoms with Crippen LogP contribution in [-0.2, 0) is 4.74 Å². The van der Waals surface area contributed by atoms with Crippen LogP contribution in [0.4, 0.5) is 17.5 Å². The van der Waals surface area contributed by atoms with Gasteiger partial charge < -0.3 is 15.4 Å². The van der Waals surface area contributed by atoms with E-state index in [9.17, 15) is 0 Å². The number of benzene rings is 1. The van der Waals surface area contributed by atoms with Crippen molar-refractivity contribution in [2.75, 3.05) is 30.9 Å². The Hall–Kier alpha value is -1.56. The van der Waals surface area contributed by atoms with Gasteiger partial charge in [-0.3, -0.25) is 0 Å². The number of halogens is 2. The van der Waals surface area contributed by atoms with Crippen LogP contribution in [0.15, 0.2) is 24.3 Å². The molecule has 0 spiro atoms. The van der Waals surface area contributed by atoms with E-state index in [1.54, 1.807) is 25.3 Å². The van der Waals surface area contributed by atoms with Crippen LogP contribution in [0.2, 0.25) is 10.0 Å². The van der Waals surface area contributed by atoms with Crippen molar-refractivity contribution < 1.29 is 4.74 Å². The van der Waals surface area contributed by atoms with E-state index in [1.807, 2.05) is 13.0 Å². The van der Waals surface area contributed by atoms with Crippen LogP contribution in [0.3, 0.4) is 0 Å². The molecule has 1 aromatic carbocycles. The number of methoxy groups -OCH3 is 1. The van der Waals surface area contributed by atoms with Gasteiger partial charge in [-0.15, -0.1) is 0 Å². The van der Waals surface area contributed by atoms with Gasteiger partial charge in [0, 0.05) is 25.4 Å². The lowest BCUT2D eigenvalue weighted by Gasteiger charge is -2.11. The molecule has 0 atom stereocenters. The number of hydrogen-bond acceptors (Lipinski definition) is 5. The van der Waals surface area contributed by atoms with Crippen molar-refractivity contribution in [2.24, 2.45) is 0 Å². The highest BCUT2D eigenvalue weighted by Gasteiger charge is 2.08. The Balaban J connectivity index is 2.20. The average Bonchev–Trinajstić information content (AvgIpc) is 2.43. The number of nitrogens with zero attached hydrogens (tertiary/aromatic N) is 2. The molecule has 0 aliphatic rings. The minimum absolute atomic E-state index is 0.435. The van der Waals surface area contributed by atoms with Gasteiger partial charge in [0.1, 0.15) is 5.82 Å². The molecule has 0 amide bonds. The first-order valence-electron chi connectivity index (χ1n) is 6.39. The van der Waals surface area contributed by atoms with Crippen LogP contribution in [0.1, 0.15) is 5.69 Å². The van der Waals surface area contributed by atoms with E-state index in [1.165, 1.54) is 0 Å². The molecular weight excluding hydrogens is 311 g/mol. The third-order valence-corrected chi connectivity index (χ3v) is 3.30. The van der Waals surface area contributed by atoms with Crippen LogP contribution in [-0.4, -0.2) is 30.2 Å². The quantitative estimate of drug-likeness (QED) is 0.788. The summed E-state index contributed by atoms with van der Waals surface area (Å²) in [6.45, 7) is 3.16. The summed E-state index contributed by atoms with van der Waals surface area (Å²) in [6.07, 6.45) is 0. The lowest BCUT2D eigenvalue weighted by molar-refractivity contribution is 0.210. The normalized spacial score (nSPS) is 10.5. The Morgan fingerprint density at radius 3 is 2.57 bits per heavy atom. The van der Waals surface area contributed by atoms with E-state index in [-0.39, 0.29) is 0 Å². The summed E-state index contributed by atoms with van der Waals surface area (Å²) in [5, 5.41) is 7.25. The van der Waals surface area contributed by atoms with E-state index in [4.69, 9.17) is 27.9 Å². The SMILES string of the molecule is COCCNc1cc(C)nc(Nc2c(Cl)cccc2Cl)n1. The molecule has 0 radical (unpaired) electrons. The van der Waals surface area contributed by atoms with Gasteiger partial charge in [0.2, 0.25) is 5.95 Å². The fraction of sp³-hybridized carbons (Fsp3) is 0.286. The van der Waals surface area contributed by atoms with Crippen molar-refractivity contribution in [1.82, 2.24) is 9.97 Å². The second kappa shape index (κ2) is 7.45. The highest BCUT2D eigenvalue weighted by Crippen LogP contribution is 2.31. The summed E-state index contributed by atoms with van der Waals surface area (Å²) in [5.41, 5.74) is 1.42. The van der Waals surface area contributed by atoms with E-state index in [0.717, 1.165) is 5.69 Å². The maximum Gasteiger partial charge on any atom is 0.229 e. The van der Waals surface area contributed by atoms with Gasteiger partial charge in [-0.2, -0.15) is 4.98 Å². The lowest BCUT2D eigenvalue weighted by Crippen LogP contribution is -2.10. The Kier molecular flexibility index (Phi) is 5.61. The first-order chi connectivity index (χ1) is 10.1. The minimum Gasteiger partial charge on any atom is -0.383 e. The van der Waals surface area contributed by atoms with Crippen molar-refractivity contribution in [3.8, 4) is 0 Å². The summed E-state index contributed by atoms with van der Waals surface area (Å²) < 4.78 is 4.99. The molecule has 7 heteroatoms. The number of ether oxygens (including phenoxy) is 1. The fourth-order valence-electron chi connectivity index (χ4n) is 1.73. The summed E-state index contributed by atoms with van der Waals surface area (Å²) >= 11 is 12.3. The number of hydrogen-bond donors (Lipinski definition) is 2. The molecule has 0 unspecified atom stereocenters. The predicted octanol–water partition coefficient (Wildman–Crippen LogP) is 3.89.